The molecule has 0 saturated carbocycles. The maximum Gasteiger partial charge on any atom is 0.0782 e. The smallest absolute Gasteiger partial charge is 0.0782 e. The van der Waals surface area contributed by atoms with Crippen molar-refractivity contribution in [3.63, 3.8) is 0 Å². The van der Waals surface area contributed by atoms with Gasteiger partial charge in [-0.05, 0) is 113 Å². The van der Waals surface area contributed by atoms with Crippen LogP contribution in [0.4, 0.5) is 17.1 Å². The zero-order valence-electron chi connectivity index (χ0n) is 31.9. The maximum absolute atomic E-state index is 4.63. The average molecular weight is 722 g/mol. The molecule has 0 fully saturated rings. The lowest BCUT2D eigenvalue weighted by Crippen LogP contribution is -2.12. The number of aromatic nitrogens is 2. The lowest BCUT2D eigenvalue weighted by Gasteiger charge is -2.28. The van der Waals surface area contributed by atoms with Gasteiger partial charge in [0, 0.05) is 45.1 Å². The summed E-state index contributed by atoms with van der Waals surface area (Å²) in [7, 11) is 0. The van der Waals surface area contributed by atoms with E-state index in [1.54, 1.807) is 0 Å². The first kappa shape index (κ1) is 34.7. The van der Waals surface area contributed by atoms with Crippen LogP contribution in [-0.4, -0.2) is 9.13 Å². The highest BCUT2D eigenvalue weighted by atomic mass is 15.1. The fraction of sp³-hybridized carbons (Fsp3) is 0.0566. The van der Waals surface area contributed by atoms with Gasteiger partial charge in [0.15, 0.2) is 0 Å². The van der Waals surface area contributed by atoms with Crippen LogP contribution in [0.3, 0.4) is 0 Å². The topological polar surface area (TPSA) is 13.1 Å². The van der Waals surface area contributed by atoms with Gasteiger partial charge in [0.25, 0.3) is 0 Å². The van der Waals surface area contributed by atoms with E-state index in [0.717, 1.165) is 78.0 Å². The minimum Gasteiger partial charge on any atom is -0.315 e. The Balaban J connectivity index is 1.15. The number of nitrogens with zero attached hydrogens (tertiary/aromatic N) is 3. The van der Waals surface area contributed by atoms with Gasteiger partial charge in [0.05, 0.1) is 21.9 Å². The van der Waals surface area contributed by atoms with E-state index in [4.69, 9.17) is 0 Å². The third-order valence-corrected chi connectivity index (χ3v) is 10.8. The summed E-state index contributed by atoms with van der Waals surface area (Å²) in [5.41, 5.74) is 11.4. The molecule has 0 N–H and O–H groups in total. The van der Waals surface area contributed by atoms with Crippen LogP contribution in [0, 0.1) is 17.6 Å². The van der Waals surface area contributed by atoms with Gasteiger partial charge in [-0.3, -0.25) is 0 Å². The highest BCUT2D eigenvalue weighted by Gasteiger charge is 2.18. The van der Waals surface area contributed by atoms with Gasteiger partial charge in [-0.15, -0.1) is 0 Å². The second-order valence-corrected chi connectivity index (χ2v) is 14.4. The molecule has 0 spiro atoms. The first-order valence-electron chi connectivity index (χ1n) is 19.3. The predicted molar refractivity (Wildman–Crippen MR) is 239 cm³/mol. The van der Waals surface area contributed by atoms with Crippen LogP contribution < -0.4 is 15.3 Å². The Kier molecular flexibility index (Phi) is 9.05. The van der Waals surface area contributed by atoms with Gasteiger partial charge in [-0.2, -0.15) is 0 Å². The van der Waals surface area contributed by atoms with Crippen molar-refractivity contribution >= 4 is 58.0 Å². The molecule has 7 aromatic carbocycles. The number of rotatable bonds is 8. The third kappa shape index (κ3) is 6.14. The van der Waals surface area contributed by atoms with E-state index in [1.165, 1.54) is 21.9 Å². The van der Waals surface area contributed by atoms with Crippen molar-refractivity contribution in [2.24, 2.45) is 0 Å². The van der Waals surface area contributed by atoms with Crippen LogP contribution in [0.2, 0.25) is 0 Å². The minimum atomic E-state index is 0.955. The molecule has 0 bridgehead atoms. The van der Waals surface area contributed by atoms with Crippen molar-refractivity contribution < 1.29 is 0 Å². The fourth-order valence-electron chi connectivity index (χ4n) is 8.03. The molecule has 0 aliphatic carbocycles. The number of allylic oxidation sites excluding steroid dienone is 1. The quantitative estimate of drug-likeness (QED) is 0.152. The third-order valence-electron chi connectivity index (χ3n) is 10.8. The monoisotopic (exact) mass is 721 g/mol. The Morgan fingerprint density at radius 2 is 1.27 bits per heavy atom. The Morgan fingerprint density at radius 3 is 2.04 bits per heavy atom. The normalized spacial score (nSPS) is 12.2. The summed E-state index contributed by atoms with van der Waals surface area (Å²) in [6.45, 7) is 13.5. The number of hydrogen-bond acceptors (Lipinski definition) is 1. The van der Waals surface area contributed by atoms with Crippen molar-refractivity contribution in [1.29, 1.82) is 0 Å². The molecule has 2 heterocycles. The van der Waals surface area contributed by atoms with Gasteiger partial charge in [0.1, 0.15) is 0 Å². The molecule has 0 radical (unpaired) electrons. The van der Waals surface area contributed by atoms with Crippen LogP contribution in [0.5, 0.6) is 0 Å². The number of fused-ring (bicyclic) bond motifs is 2. The average Bonchev–Trinajstić information content (AvgIpc) is 3.77. The highest BCUT2D eigenvalue weighted by Crippen LogP contribution is 2.40. The molecule has 0 aliphatic rings. The summed E-state index contributed by atoms with van der Waals surface area (Å²) in [6.07, 6.45) is 7.59. The fourth-order valence-corrected chi connectivity index (χ4v) is 8.03. The van der Waals surface area contributed by atoms with Crippen LogP contribution >= 0.6 is 0 Å². The van der Waals surface area contributed by atoms with Crippen molar-refractivity contribution in [1.82, 2.24) is 9.13 Å². The lowest BCUT2D eigenvalue weighted by molar-refractivity contribution is 0.970. The summed E-state index contributed by atoms with van der Waals surface area (Å²) in [5.74, 6) is 0. The molecule has 270 valence electrons. The molecule has 0 saturated heterocycles. The van der Waals surface area contributed by atoms with Crippen LogP contribution in [0.1, 0.15) is 24.5 Å². The van der Waals surface area contributed by atoms with Gasteiger partial charge >= 0.3 is 0 Å². The van der Waals surface area contributed by atoms with Gasteiger partial charge in [-0.25, -0.2) is 0 Å². The van der Waals surface area contributed by atoms with Gasteiger partial charge in [0.2, 0.25) is 0 Å². The first-order chi connectivity index (χ1) is 27.5. The number of hydrogen-bond donors (Lipinski definition) is 0. The summed E-state index contributed by atoms with van der Waals surface area (Å²) >= 11 is 0. The zero-order chi connectivity index (χ0) is 38.2. The van der Waals surface area contributed by atoms with E-state index in [9.17, 15) is 0 Å². The molecule has 9 rings (SSSR count). The molecule has 3 heteroatoms. The molecular weight excluding hydrogens is 679 g/mol. The molecule has 0 unspecified atom stereocenters. The van der Waals surface area contributed by atoms with Crippen molar-refractivity contribution in [2.45, 2.75) is 20.3 Å². The van der Waals surface area contributed by atoms with E-state index >= 15 is 0 Å². The Bertz CT molecular complexity index is 3090. The zero-order valence-corrected chi connectivity index (χ0v) is 31.9. The summed E-state index contributed by atoms with van der Waals surface area (Å²) in [5, 5.41) is 7.59. The number of para-hydroxylation sites is 2. The highest BCUT2D eigenvalue weighted by molar-refractivity contribution is 5.91. The second-order valence-electron chi connectivity index (χ2n) is 14.4. The number of benzene rings is 7. The molecule has 0 amide bonds. The molecule has 3 nitrogen and oxygen atoms in total. The van der Waals surface area contributed by atoms with Gasteiger partial charge < -0.3 is 14.0 Å². The molecular formula is C53H43N3. The Labute approximate surface area is 328 Å². The van der Waals surface area contributed by atoms with Crippen LogP contribution in [0.25, 0.3) is 63.4 Å². The second kappa shape index (κ2) is 14.6. The van der Waals surface area contributed by atoms with E-state index in [2.05, 4.69) is 223 Å². The van der Waals surface area contributed by atoms with E-state index in [0.29, 0.717) is 0 Å². The molecule has 9 aromatic rings. The Morgan fingerprint density at radius 1 is 0.589 bits per heavy atom. The molecule has 0 atom stereocenters. The largest absolute Gasteiger partial charge is 0.315 e. The standard InChI is InChI=1S/C53H43N3/c1-5-6-20-48-37(2)15-14-23-50(48)55(47-33-28-40-16-10-11-17-43(40)36-47)45-29-24-41(25-30-45)42-26-31-46(32-27-42)56-51-22-13-12-21-49(51)39(4)53(56)52-38(3)34-35-54(52)44-18-8-7-9-19-44/h6-36H,3-5H2,1-2H3/b20-6-,53-52-. The van der Waals surface area contributed by atoms with Crippen molar-refractivity contribution in [3.05, 3.63) is 214 Å². The molecule has 2 aromatic heterocycles. The van der Waals surface area contributed by atoms with Crippen molar-refractivity contribution in [3.8, 4) is 22.5 Å². The summed E-state index contributed by atoms with van der Waals surface area (Å²) in [6, 6.07) is 60.8. The van der Waals surface area contributed by atoms with Crippen molar-refractivity contribution in [2.75, 3.05) is 4.90 Å². The number of aryl methyl sites for hydroxylation is 1. The predicted octanol–water partition coefficient (Wildman–Crippen LogP) is 12.6. The maximum atomic E-state index is 4.63. The summed E-state index contributed by atoms with van der Waals surface area (Å²) < 4.78 is 4.56. The van der Waals surface area contributed by atoms with Gasteiger partial charge in [-0.1, -0.05) is 135 Å². The Hall–Kier alpha value is -7.10. The van der Waals surface area contributed by atoms with Crippen LogP contribution in [0.15, 0.2) is 182 Å². The molecule has 56 heavy (non-hydrogen) atoms. The SMILES string of the molecule is C=c1ccn(-c2ccccc2)/c1=c1/c(=C)c2ccccc2n1-c1ccc(-c2ccc(N(c3ccc4ccccc4c3)c3cccc(C)c3/C=C\CC)cc2)cc1. The minimum absolute atomic E-state index is 0.955. The van der Waals surface area contributed by atoms with E-state index in [1.807, 2.05) is 6.07 Å². The van der Waals surface area contributed by atoms with E-state index in [-0.39, 0.29) is 0 Å². The summed E-state index contributed by atoms with van der Waals surface area (Å²) in [4.78, 5) is 2.39. The lowest BCUT2D eigenvalue weighted by atomic mass is 10.0. The van der Waals surface area contributed by atoms with Crippen LogP contribution in [-0.2, 0) is 0 Å². The molecule has 0 aliphatic heterocycles. The van der Waals surface area contributed by atoms with E-state index < -0.39 is 0 Å². The first-order valence-corrected chi connectivity index (χ1v) is 19.3. The number of anilines is 3.